The van der Waals surface area contributed by atoms with Gasteiger partial charge in [-0.2, -0.15) is 0 Å². The Morgan fingerprint density at radius 2 is 2.06 bits per heavy atom. The van der Waals surface area contributed by atoms with Gasteiger partial charge >= 0.3 is 5.97 Å². The van der Waals surface area contributed by atoms with Crippen LogP contribution in [-0.2, 0) is 9.59 Å². The van der Waals surface area contributed by atoms with Gasteiger partial charge in [-0.25, -0.2) is 0 Å². The molecular formula is C13H24N2O3. The van der Waals surface area contributed by atoms with Crippen LogP contribution in [0.25, 0.3) is 0 Å². The Hall–Kier alpha value is -1.10. The number of carboxylic acid groups (broad SMARTS) is 1. The van der Waals surface area contributed by atoms with E-state index in [0.29, 0.717) is 12.8 Å². The van der Waals surface area contributed by atoms with Crippen molar-refractivity contribution >= 4 is 11.9 Å². The molecule has 1 heterocycles. The monoisotopic (exact) mass is 256 g/mol. The molecule has 1 aliphatic heterocycles. The first-order chi connectivity index (χ1) is 8.32. The van der Waals surface area contributed by atoms with E-state index >= 15 is 0 Å². The Bertz CT molecular complexity index is 319. The number of carbonyl (C=O) groups is 2. The summed E-state index contributed by atoms with van der Waals surface area (Å²) >= 11 is 0. The van der Waals surface area contributed by atoms with Crippen molar-refractivity contribution in [1.82, 2.24) is 9.80 Å². The van der Waals surface area contributed by atoms with Gasteiger partial charge in [-0.3, -0.25) is 9.59 Å². The Kier molecular flexibility index (Phi) is 5.14. The van der Waals surface area contributed by atoms with Crippen molar-refractivity contribution in [3.05, 3.63) is 0 Å². The van der Waals surface area contributed by atoms with Crippen LogP contribution >= 0.6 is 0 Å². The van der Waals surface area contributed by atoms with Gasteiger partial charge in [0.25, 0.3) is 0 Å². The summed E-state index contributed by atoms with van der Waals surface area (Å²) in [5, 5.41) is 8.53. The highest BCUT2D eigenvalue weighted by Gasteiger charge is 2.33. The van der Waals surface area contributed by atoms with Crippen LogP contribution in [0, 0.1) is 5.41 Å². The first kappa shape index (κ1) is 15.0. The van der Waals surface area contributed by atoms with Crippen molar-refractivity contribution in [2.24, 2.45) is 5.41 Å². The molecule has 0 bridgehead atoms. The van der Waals surface area contributed by atoms with Gasteiger partial charge in [-0.1, -0.05) is 6.92 Å². The molecule has 1 aliphatic rings. The third kappa shape index (κ3) is 4.64. The van der Waals surface area contributed by atoms with Crippen molar-refractivity contribution in [1.29, 1.82) is 0 Å². The minimum Gasteiger partial charge on any atom is -0.481 e. The average molecular weight is 256 g/mol. The van der Waals surface area contributed by atoms with Crippen LogP contribution < -0.4 is 0 Å². The normalized spacial score (nSPS) is 24.2. The summed E-state index contributed by atoms with van der Waals surface area (Å²) in [6.07, 6.45) is 1.93. The Labute approximate surface area is 109 Å². The van der Waals surface area contributed by atoms with Crippen molar-refractivity contribution in [3.63, 3.8) is 0 Å². The molecule has 5 nitrogen and oxygen atoms in total. The predicted octanol–water partition coefficient (Wildman–Crippen LogP) is 1.04. The highest BCUT2D eigenvalue weighted by molar-refractivity contribution is 5.76. The van der Waals surface area contributed by atoms with Crippen LogP contribution in [0.3, 0.4) is 0 Å². The lowest BCUT2D eigenvalue weighted by molar-refractivity contribution is -0.137. The number of amides is 1. The largest absolute Gasteiger partial charge is 0.481 e. The summed E-state index contributed by atoms with van der Waals surface area (Å²) in [6.45, 7) is 5.05. The predicted molar refractivity (Wildman–Crippen MR) is 69.3 cm³/mol. The van der Waals surface area contributed by atoms with Crippen LogP contribution in [0.5, 0.6) is 0 Å². The summed E-state index contributed by atoms with van der Waals surface area (Å²) in [5.74, 6) is -0.790. The van der Waals surface area contributed by atoms with Gasteiger partial charge in [-0.05, 0) is 31.8 Å². The molecule has 104 valence electrons. The van der Waals surface area contributed by atoms with Crippen LogP contribution in [-0.4, -0.2) is 60.5 Å². The number of hydrogen-bond acceptors (Lipinski definition) is 3. The van der Waals surface area contributed by atoms with Gasteiger partial charge in [0, 0.05) is 33.0 Å². The van der Waals surface area contributed by atoms with Crippen LogP contribution in [0.1, 0.15) is 32.6 Å². The van der Waals surface area contributed by atoms with Gasteiger partial charge < -0.3 is 14.9 Å². The quantitative estimate of drug-likeness (QED) is 0.771. The molecule has 18 heavy (non-hydrogen) atoms. The molecule has 0 aromatic heterocycles. The van der Waals surface area contributed by atoms with Crippen molar-refractivity contribution in [2.45, 2.75) is 32.6 Å². The summed E-state index contributed by atoms with van der Waals surface area (Å²) in [7, 11) is 3.91. The molecule has 0 aliphatic carbocycles. The number of rotatable bonds is 6. The summed E-state index contributed by atoms with van der Waals surface area (Å²) < 4.78 is 0. The van der Waals surface area contributed by atoms with Crippen LogP contribution in [0.15, 0.2) is 0 Å². The number of likely N-dealkylation sites (tertiary alicyclic amines) is 1. The van der Waals surface area contributed by atoms with E-state index in [9.17, 15) is 9.59 Å². The van der Waals surface area contributed by atoms with Gasteiger partial charge in [0.1, 0.15) is 0 Å². The van der Waals surface area contributed by atoms with Crippen molar-refractivity contribution in [2.75, 3.05) is 33.7 Å². The average Bonchev–Trinajstić information content (AvgIpc) is 2.57. The van der Waals surface area contributed by atoms with Crippen LogP contribution in [0.2, 0.25) is 0 Å². The fourth-order valence-corrected chi connectivity index (χ4v) is 2.64. The zero-order valence-corrected chi connectivity index (χ0v) is 11.6. The maximum absolute atomic E-state index is 11.9. The van der Waals surface area contributed by atoms with E-state index in [0.717, 1.165) is 26.1 Å². The van der Waals surface area contributed by atoms with E-state index < -0.39 is 5.97 Å². The van der Waals surface area contributed by atoms with E-state index in [1.54, 1.807) is 4.90 Å². The van der Waals surface area contributed by atoms with E-state index in [1.165, 1.54) is 0 Å². The third-order valence-electron chi connectivity index (χ3n) is 3.57. The molecular weight excluding hydrogens is 232 g/mol. The van der Waals surface area contributed by atoms with E-state index in [-0.39, 0.29) is 17.7 Å². The van der Waals surface area contributed by atoms with Crippen LogP contribution in [0.4, 0.5) is 0 Å². The zero-order valence-electron chi connectivity index (χ0n) is 11.6. The molecule has 5 heteroatoms. The Morgan fingerprint density at radius 3 is 2.56 bits per heavy atom. The maximum Gasteiger partial charge on any atom is 0.303 e. The molecule has 1 rings (SSSR count). The third-order valence-corrected chi connectivity index (χ3v) is 3.57. The molecule has 0 saturated carbocycles. The van der Waals surface area contributed by atoms with Gasteiger partial charge in [-0.15, -0.1) is 0 Å². The summed E-state index contributed by atoms with van der Waals surface area (Å²) in [6, 6.07) is 0. The van der Waals surface area contributed by atoms with E-state index in [4.69, 9.17) is 5.11 Å². The van der Waals surface area contributed by atoms with Crippen molar-refractivity contribution < 1.29 is 14.7 Å². The van der Waals surface area contributed by atoms with Gasteiger partial charge in [0.2, 0.25) is 5.91 Å². The fourth-order valence-electron chi connectivity index (χ4n) is 2.64. The number of hydrogen-bond donors (Lipinski definition) is 1. The summed E-state index contributed by atoms with van der Waals surface area (Å²) in [5.41, 5.74) is 0.173. The molecule has 0 spiro atoms. The number of aliphatic carboxylic acids is 1. The molecule has 1 saturated heterocycles. The molecule has 1 amide bonds. The molecule has 1 N–H and O–H groups in total. The van der Waals surface area contributed by atoms with Crippen molar-refractivity contribution in [3.8, 4) is 0 Å². The Morgan fingerprint density at radius 1 is 1.39 bits per heavy atom. The first-order valence-electron chi connectivity index (χ1n) is 6.47. The first-order valence-corrected chi connectivity index (χ1v) is 6.47. The zero-order chi connectivity index (χ0) is 13.8. The lowest BCUT2D eigenvalue weighted by atomic mass is 9.89. The topological polar surface area (TPSA) is 60.9 Å². The Balaban J connectivity index is 2.33. The maximum atomic E-state index is 11.9. The highest BCUT2D eigenvalue weighted by atomic mass is 16.4. The SMILES string of the molecule is CN1CCC(C)(CN(C)C(=O)CCCC(=O)O)C1. The fraction of sp³-hybridized carbons (Fsp3) is 0.846. The molecule has 0 radical (unpaired) electrons. The minimum atomic E-state index is -0.838. The lowest BCUT2D eigenvalue weighted by Gasteiger charge is -2.30. The number of carboxylic acids is 1. The second kappa shape index (κ2) is 6.18. The lowest BCUT2D eigenvalue weighted by Crippen LogP contribution is -2.38. The highest BCUT2D eigenvalue weighted by Crippen LogP contribution is 2.29. The second-order valence-corrected chi connectivity index (χ2v) is 5.80. The van der Waals surface area contributed by atoms with E-state index in [2.05, 4.69) is 18.9 Å². The molecule has 0 aromatic carbocycles. The molecule has 0 aromatic rings. The number of nitrogens with zero attached hydrogens (tertiary/aromatic N) is 2. The smallest absolute Gasteiger partial charge is 0.303 e. The molecule has 1 fully saturated rings. The second-order valence-electron chi connectivity index (χ2n) is 5.80. The van der Waals surface area contributed by atoms with Gasteiger partial charge in [0.05, 0.1) is 0 Å². The number of carbonyl (C=O) groups excluding carboxylic acids is 1. The standard InChI is InChI=1S/C13H24N2O3/c1-13(7-8-14(2)9-13)10-15(3)11(16)5-4-6-12(17)18/h4-10H2,1-3H3,(H,17,18). The molecule has 1 unspecified atom stereocenters. The van der Waals surface area contributed by atoms with E-state index in [1.807, 2.05) is 7.05 Å². The minimum absolute atomic E-state index is 0.0482. The molecule has 1 atom stereocenters. The summed E-state index contributed by atoms with van der Waals surface area (Å²) in [4.78, 5) is 26.3. The van der Waals surface area contributed by atoms with Gasteiger partial charge in [0.15, 0.2) is 0 Å².